The Labute approximate surface area is 261 Å². The van der Waals surface area contributed by atoms with Crippen molar-refractivity contribution in [1.29, 1.82) is 0 Å². The highest BCUT2D eigenvalue weighted by molar-refractivity contribution is 8.02. The molecule has 5 aromatic rings. The summed E-state index contributed by atoms with van der Waals surface area (Å²) in [6.07, 6.45) is 4.37. The standard InChI is InChI=1S/C41H42OS/c1-19-20(2)26(8)34-33(25(19)7)35-27(9)21(3)23(5)29(11)37(35)41(38-30(12)24(6)22(4)28(10)36(34)38)16-18-43-40-32(41)14-13-31-15-17-42-39(31)40/h13-18H,1-12H3. The van der Waals surface area contributed by atoms with Crippen LogP contribution in [0.15, 0.2) is 45.3 Å². The van der Waals surface area contributed by atoms with Gasteiger partial charge in [-0.2, -0.15) is 0 Å². The Morgan fingerprint density at radius 3 is 1.42 bits per heavy atom. The number of rotatable bonds is 0. The van der Waals surface area contributed by atoms with Crippen molar-refractivity contribution in [2.75, 3.05) is 0 Å². The molecule has 7 rings (SSSR count). The second kappa shape index (κ2) is 9.26. The summed E-state index contributed by atoms with van der Waals surface area (Å²) in [5.41, 5.74) is 27.2. The first-order chi connectivity index (χ1) is 20.4. The predicted octanol–water partition coefficient (Wildman–Crippen LogP) is 11.7. The Morgan fingerprint density at radius 2 is 0.930 bits per heavy atom. The van der Waals surface area contributed by atoms with E-state index in [9.17, 15) is 0 Å². The molecule has 0 amide bonds. The van der Waals surface area contributed by atoms with Crippen LogP contribution in [-0.4, -0.2) is 0 Å². The van der Waals surface area contributed by atoms with Crippen molar-refractivity contribution in [2.24, 2.45) is 0 Å². The van der Waals surface area contributed by atoms with Gasteiger partial charge in [0, 0.05) is 5.39 Å². The second-order valence-electron chi connectivity index (χ2n) is 13.3. The van der Waals surface area contributed by atoms with Gasteiger partial charge in [-0.1, -0.05) is 30.0 Å². The lowest BCUT2D eigenvalue weighted by Crippen LogP contribution is -2.33. The number of hydrogen-bond donors (Lipinski definition) is 0. The van der Waals surface area contributed by atoms with E-state index in [-0.39, 0.29) is 0 Å². The topological polar surface area (TPSA) is 13.1 Å². The third-order valence-corrected chi connectivity index (χ3v) is 12.8. The normalized spacial score (nSPS) is 14.5. The zero-order chi connectivity index (χ0) is 30.9. The van der Waals surface area contributed by atoms with Crippen molar-refractivity contribution in [3.63, 3.8) is 0 Å². The fourth-order valence-corrected chi connectivity index (χ4v) is 9.50. The van der Waals surface area contributed by atoms with Crippen molar-refractivity contribution in [3.05, 3.63) is 119 Å². The number of allylic oxidation sites excluding steroid dienone is 1. The van der Waals surface area contributed by atoms with Crippen molar-refractivity contribution in [3.8, 4) is 22.3 Å². The summed E-state index contributed by atoms with van der Waals surface area (Å²) >= 11 is 1.80. The van der Waals surface area contributed by atoms with E-state index in [0.717, 1.165) is 11.0 Å². The molecule has 0 saturated carbocycles. The van der Waals surface area contributed by atoms with Crippen LogP contribution < -0.4 is 0 Å². The lowest BCUT2D eigenvalue weighted by molar-refractivity contribution is 0.604. The molecule has 0 saturated heterocycles. The summed E-state index contributed by atoms with van der Waals surface area (Å²) < 4.78 is 6.23. The van der Waals surface area contributed by atoms with E-state index in [1.165, 1.54) is 111 Å². The summed E-state index contributed by atoms with van der Waals surface area (Å²) in [6, 6.07) is 6.77. The zero-order valence-electron chi connectivity index (χ0n) is 27.8. The van der Waals surface area contributed by atoms with Crippen LogP contribution >= 0.6 is 11.8 Å². The Morgan fingerprint density at radius 1 is 0.488 bits per heavy atom. The molecular formula is C41H42OS. The molecule has 0 fully saturated rings. The number of hydrogen-bond acceptors (Lipinski definition) is 2. The van der Waals surface area contributed by atoms with Crippen molar-refractivity contribution in [2.45, 2.75) is 93.4 Å². The van der Waals surface area contributed by atoms with E-state index in [4.69, 9.17) is 4.42 Å². The third-order valence-electron chi connectivity index (χ3n) is 11.9. The molecule has 2 heteroatoms. The SMILES string of the molecule is Cc1c(C)c(C)c2c(c1C)-c1c(C)c(C)c(C)c(C)c1C1(C=CSc3c1ccc1ccoc31)c1c(C)c(C)c(C)c(C)c1-2. The lowest BCUT2D eigenvalue weighted by Gasteiger charge is -2.41. The number of thioether (sulfide) groups is 1. The summed E-state index contributed by atoms with van der Waals surface area (Å²) in [5.74, 6) is 0. The van der Waals surface area contributed by atoms with E-state index in [2.05, 4.69) is 113 Å². The number of benzene rings is 4. The Balaban J connectivity index is 1.89. The smallest absolute Gasteiger partial charge is 0.148 e. The third kappa shape index (κ3) is 3.31. The quantitative estimate of drug-likeness (QED) is 0.180. The van der Waals surface area contributed by atoms with Crippen molar-refractivity contribution < 1.29 is 4.42 Å². The van der Waals surface area contributed by atoms with Crippen LogP contribution in [0.2, 0.25) is 0 Å². The van der Waals surface area contributed by atoms with E-state index >= 15 is 0 Å². The maximum absolute atomic E-state index is 6.23. The van der Waals surface area contributed by atoms with E-state index in [0.29, 0.717) is 0 Å². The average molecular weight is 583 g/mol. The monoisotopic (exact) mass is 582 g/mol. The predicted molar refractivity (Wildman–Crippen MR) is 185 cm³/mol. The number of fused-ring (bicyclic) bond motifs is 11. The van der Waals surface area contributed by atoms with Gasteiger partial charge in [-0.05, 0) is 200 Å². The summed E-state index contributed by atoms with van der Waals surface area (Å²) in [7, 11) is 0. The van der Waals surface area contributed by atoms with Crippen molar-refractivity contribution in [1.82, 2.24) is 0 Å². The molecule has 0 bridgehead atoms. The molecule has 0 radical (unpaired) electrons. The minimum absolute atomic E-state index is 0.480. The lowest BCUT2D eigenvalue weighted by atomic mass is 9.62. The summed E-state index contributed by atoms with van der Waals surface area (Å²) in [6.45, 7) is 28.2. The van der Waals surface area contributed by atoms with Crippen LogP contribution in [0.4, 0.5) is 0 Å². The summed E-state index contributed by atoms with van der Waals surface area (Å²) in [4.78, 5) is 1.24. The van der Waals surface area contributed by atoms with Crippen molar-refractivity contribution >= 4 is 22.7 Å². The molecule has 4 aromatic carbocycles. The molecule has 2 aliphatic rings. The zero-order valence-corrected chi connectivity index (χ0v) is 28.6. The van der Waals surface area contributed by atoms with E-state index in [1.54, 1.807) is 11.8 Å². The van der Waals surface area contributed by atoms with Gasteiger partial charge >= 0.3 is 0 Å². The van der Waals surface area contributed by atoms with Gasteiger partial charge in [0.15, 0.2) is 0 Å². The van der Waals surface area contributed by atoms with Gasteiger partial charge in [0.1, 0.15) is 5.58 Å². The van der Waals surface area contributed by atoms with Gasteiger partial charge in [-0.15, -0.1) is 0 Å². The highest BCUT2D eigenvalue weighted by Crippen LogP contribution is 2.62. The van der Waals surface area contributed by atoms with Crippen LogP contribution in [0.5, 0.6) is 0 Å². The molecule has 2 heterocycles. The van der Waals surface area contributed by atoms with Gasteiger partial charge in [0.25, 0.3) is 0 Å². The van der Waals surface area contributed by atoms with Gasteiger partial charge < -0.3 is 4.42 Å². The fraction of sp³-hybridized carbons (Fsp3) is 0.317. The molecule has 43 heavy (non-hydrogen) atoms. The molecular weight excluding hydrogens is 541 g/mol. The molecule has 1 aliphatic carbocycles. The Hall–Kier alpha value is -3.49. The molecule has 1 nitrogen and oxygen atoms in total. The Bertz CT molecular complexity index is 2010. The van der Waals surface area contributed by atoms with Crippen LogP contribution in [0, 0.1) is 83.1 Å². The second-order valence-corrected chi connectivity index (χ2v) is 14.2. The van der Waals surface area contributed by atoms with Crippen LogP contribution in [0.3, 0.4) is 0 Å². The molecule has 0 N–H and O–H groups in total. The molecule has 1 aliphatic heterocycles. The van der Waals surface area contributed by atoms with Crippen LogP contribution in [-0.2, 0) is 5.41 Å². The minimum Gasteiger partial charge on any atom is -0.463 e. The van der Waals surface area contributed by atoms with Gasteiger partial charge in [0.2, 0.25) is 0 Å². The molecule has 1 spiro atoms. The van der Waals surface area contributed by atoms with Gasteiger partial charge in [-0.25, -0.2) is 0 Å². The largest absolute Gasteiger partial charge is 0.463 e. The minimum atomic E-state index is -0.480. The van der Waals surface area contributed by atoms with Gasteiger partial charge in [-0.3, -0.25) is 0 Å². The van der Waals surface area contributed by atoms with E-state index in [1.807, 2.05) is 6.26 Å². The molecule has 0 atom stereocenters. The highest BCUT2D eigenvalue weighted by atomic mass is 32.2. The average Bonchev–Trinajstić information content (AvgIpc) is 3.45. The first-order valence-electron chi connectivity index (χ1n) is 15.5. The summed E-state index contributed by atoms with van der Waals surface area (Å²) in [5, 5.41) is 3.51. The molecule has 218 valence electrons. The van der Waals surface area contributed by atoms with Crippen LogP contribution in [0.25, 0.3) is 33.2 Å². The van der Waals surface area contributed by atoms with E-state index < -0.39 is 5.41 Å². The number of furan rings is 1. The molecule has 0 unspecified atom stereocenters. The maximum atomic E-state index is 6.23. The first-order valence-corrected chi connectivity index (χ1v) is 16.4. The Kier molecular flexibility index (Phi) is 6.09. The van der Waals surface area contributed by atoms with Crippen LogP contribution in [0.1, 0.15) is 83.5 Å². The fourth-order valence-electron chi connectivity index (χ4n) is 8.46. The molecule has 1 aromatic heterocycles. The first kappa shape index (κ1) is 28.3. The highest BCUT2D eigenvalue weighted by Gasteiger charge is 2.48. The maximum Gasteiger partial charge on any atom is 0.148 e. The van der Waals surface area contributed by atoms with Gasteiger partial charge in [0.05, 0.1) is 16.6 Å².